The molecule has 2 aromatic carbocycles. The van der Waals surface area contributed by atoms with E-state index in [1.165, 1.54) is 38.3 Å². The van der Waals surface area contributed by atoms with Crippen molar-refractivity contribution in [2.75, 3.05) is 7.11 Å². The molecular weight excluding hydrogens is 404 g/mol. The maximum absolute atomic E-state index is 12.2. The number of nitro groups is 1. The predicted molar refractivity (Wildman–Crippen MR) is 103 cm³/mol. The number of hydrogen-bond donors (Lipinski definition) is 0. The number of esters is 2. The highest BCUT2D eigenvalue weighted by atomic mass is 35.5. The molecule has 0 amide bonds. The highest BCUT2D eigenvalue weighted by molar-refractivity contribution is 6.34. The molecule has 2 aromatic rings. The number of halogens is 1. The van der Waals surface area contributed by atoms with Crippen molar-refractivity contribution in [2.24, 2.45) is 4.99 Å². The number of non-ortho nitro benzene ring substituents is 1. The summed E-state index contributed by atoms with van der Waals surface area (Å²) < 4.78 is 15.3. The lowest BCUT2D eigenvalue weighted by Gasteiger charge is -2.08. The largest absolute Gasteiger partial charge is 0.493 e. The van der Waals surface area contributed by atoms with Gasteiger partial charge in [0.05, 0.1) is 22.6 Å². The molecule has 1 aliphatic heterocycles. The summed E-state index contributed by atoms with van der Waals surface area (Å²) in [4.78, 5) is 37.8. The van der Waals surface area contributed by atoms with Crippen molar-refractivity contribution >= 4 is 41.2 Å². The minimum atomic E-state index is -0.723. The predicted octanol–water partition coefficient (Wildman–Crippen LogP) is 3.53. The molecule has 0 saturated heterocycles. The van der Waals surface area contributed by atoms with Crippen molar-refractivity contribution in [1.29, 1.82) is 0 Å². The van der Waals surface area contributed by atoms with E-state index < -0.39 is 16.9 Å². The Kier molecular flexibility index (Phi) is 5.60. The number of nitrogens with zero attached hydrogens (tertiary/aromatic N) is 2. The zero-order valence-electron chi connectivity index (χ0n) is 15.2. The number of carbonyl (C=O) groups is 2. The lowest BCUT2D eigenvalue weighted by atomic mass is 10.1. The second-order valence-electron chi connectivity index (χ2n) is 5.76. The minimum absolute atomic E-state index is 0.0200. The van der Waals surface area contributed by atoms with E-state index in [0.717, 1.165) is 6.07 Å². The van der Waals surface area contributed by atoms with Crippen molar-refractivity contribution in [2.45, 2.75) is 6.92 Å². The van der Waals surface area contributed by atoms with Gasteiger partial charge in [-0.25, -0.2) is 9.79 Å². The number of carbonyl (C=O) groups excluding carboxylic acids is 2. The monoisotopic (exact) mass is 416 g/mol. The number of rotatable bonds is 5. The van der Waals surface area contributed by atoms with Crippen molar-refractivity contribution in [1.82, 2.24) is 0 Å². The Bertz CT molecular complexity index is 1090. The highest BCUT2D eigenvalue weighted by Crippen LogP contribution is 2.31. The third-order valence-corrected chi connectivity index (χ3v) is 4.07. The van der Waals surface area contributed by atoms with Crippen molar-refractivity contribution in [3.8, 4) is 11.5 Å². The lowest BCUT2D eigenvalue weighted by Crippen LogP contribution is -2.06. The Hall–Kier alpha value is -3.72. The first-order valence-corrected chi connectivity index (χ1v) is 8.49. The summed E-state index contributed by atoms with van der Waals surface area (Å²) in [5, 5.41) is 10.8. The topological polar surface area (TPSA) is 117 Å². The normalized spacial score (nSPS) is 14.4. The zero-order chi connectivity index (χ0) is 21.1. The molecule has 0 N–H and O–H groups in total. The molecule has 0 unspecified atom stereocenters. The number of hydrogen-bond acceptors (Lipinski definition) is 8. The highest BCUT2D eigenvalue weighted by Gasteiger charge is 2.26. The van der Waals surface area contributed by atoms with E-state index >= 15 is 0 Å². The van der Waals surface area contributed by atoms with E-state index in [1.54, 1.807) is 12.1 Å². The van der Waals surface area contributed by atoms with Crippen LogP contribution in [0.15, 0.2) is 47.1 Å². The maximum atomic E-state index is 12.2. The third-order valence-electron chi connectivity index (χ3n) is 3.76. The van der Waals surface area contributed by atoms with Crippen LogP contribution in [0.2, 0.25) is 5.02 Å². The molecule has 148 valence electrons. The molecule has 3 rings (SSSR count). The molecule has 0 aliphatic carbocycles. The van der Waals surface area contributed by atoms with Crippen LogP contribution in [0.25, 0.3) is 6.08 Å². The number of benzene rings is 2. The van der Waals surface area contributed by atoms with Gasteiger partial charge in [-0.05, 0) is 29.8 Å². The van der Waals surface area contributed by atoms with Gasteiger partial charge >= 0.3 is 11.9 Å². The van der Waals surface area contributed by atoms with Crippen LogP contribution in [-0.2, 0) is 14.3 Å². The Labute approximate surface area is 169 Å². The smallest absolute Gasteiger partial charge is 0.363 e. The molecule has 0 fully saturated rings. The van der Waals surface area contributed by atoms with Gasteiger partial charge in [0.25, 0.3) is 5.69 Å². The summed E-state index contributed by atoms with van der Waals surface area (Å²) >= 11 is 6.05. The molecule has 1 aliphatic rings. The van der Waals surface area contributed by atoms with Gasteiger partial charge in [-0.1, -0.05) is 17.7 Å². The van der Waals surface area contributed by atoms with Gasteiger partial charge in [0.1, 0.15) is 0 Å². The quantitative estimate of drug-likeness (QED) is 0.240. The zero-order valence-corrected chi connectivity index (χ0v) is 15.9. The first kappa shape index (κ1) is 20.0. The van der Waals surface area contributed by atoms with E-state index in [-0.39, 0.29) is 33.6 Å². The van der Waals surface area contributed by atoms with Gasteiger partial charge in [0.15, 0.2) is 17.2 Å². The molecule has 0 radical (unpaired) electrons. The van der Waals surface area contributed by atoms with Crippen LogP contribution in [0.5, 0.6) is 11.5 Å². The summed E-state index contributed by atoms with van der Waals surface area (Å²) in [5.41, 5.74) is 0.530. The van der Waals surface area contributed by atoms with Crippen molar-refractivity contribution in [3.63, 3.8) is 0 Å². The Morgan fingerprint density at radius 3 is 2.62 bits per heavy atom. The Balaban J connectivity index is 1.95. The molecule has 0 bridgehead atoms. The minimum Gasteiger partial charge on any atom is -0.493 e. The van der Waals surface area contributed by atoms with Crippen LogP contribution in [0.3, 0.4) is 0 Å². The third kappa shape index (κ3) is 4.41. The Morgan fingerprint density at radius 2 is 2.00 bits per heavy atom. The molecule has 1 heterocycles. The summed E-state index contributed by atoms with van der Waals surface area (Å²) in [5.74, 6) is -0.794. The van der Waals surface area contributed by atoms with E-state index in [1.807, 2.05) is 0 Å². The first-order valence-electron chi connectivity index (χ1n) is 8.12. The van der Waals surface area contributed by atoms with E-state index in [2.05, 4.69) is 4.99 Å². The number of nitro benzene ring substituents is 1. The van der Waals surface area contributed by atoms with Crippen LogP contribution < -0.4 is 9.47 Å². The molecule has 10 heteroatoms. The molecule has 0 atom stereocenters. The standard InChI is InChI=1S/C19H13ClN2O7/c1-10(23)28-17-8-11(3-6-16(17)27-2)7-15-19(24)29-18(21-15)13-5-4-12(22(25)26)9-14(13)20/h3-9H,1-2H3/b15-7-. The van der Waals surface area contributed by atoms with Gasteiger partial charge in [-0.3, -0.25) is 14.9 Å². The fraction of sp³-hybridized carbons (Fsp3) is 0.105. The van der Waals surface area contributed by atoms with Gasteiger partial charge in [0, 0.05) is 19.1 Å². The Morgan fingerprint density at radius 1 is 1.24 bits per heavy atom. The van der Waals surface area contributed by atoms with Gasteiger partial charge in [-0.2, -0.15) is 0 Å². The summed E-state index contributed by atoms with van der Waals surface area (Å²) in [6, 6.07) is 8.44. The second-order valence-corrected chi connectivity index (χ2v) is 6.17. The van der Waals surface area contributed by atoms with E-state index in [0.29, 0.717) is 11.3 Å². The molecule has 0 aromatic heterocycles. The summed E-state index contributed by atoms with van der Waals surface area (Å²) in [6.07, 6.45) is 1.43. The fourth-order valence-electron chi connectivity index (χ4n) is 2.49. The molecule has 0 saturated carbocycles. The van der Waals surface area contributed by atoms with Crippen molar-refractivity contribution < 1.29 is 28.7 Å². The van der Waals surface area contributed by atoms with Gasteiger partial charge < -0.3 is 14.2 Å². The van der Waals surface area contributed by atoms with E-state index in [4.69, 9.17) is 25.8 Å². The average molecular weight is 417 g/mol. The fourth-order valence-corrected chi connectivity index (χ4v) is 2.75. The summed E-state index contributed by atoms with van der Waals surface area (Å²) in [6.45, 7) is 1.25. The molecular formula is C19H13ClN2O7. The van der Waals surface area contributed by atoms with Crippen LogP contribution in [0.1, 0.15) is 18.1 Å². The average Bonchev–Trinajstić information content (AvgIpc) is 3.01. The number of methoxy groups -OCH3 is 1. The number of cyclic esters (lactones) is 1. The van der Waals surface area contributed by atoms with Crippen LogP contribution in [0, 0.1) is 10.1 Å². The molecule has 0 spiro atoms. The van der Waals surface area contributed by atoms with Gasteiger partial charge in [0.2, 0.25) is 5.90 Å². The molecule has 29 heavy (non-hydrogen) atoms. The SMILES string of the molecule is COc1ccc(/C=C2\N=C(c3ccc([N+](=O)[O-])cc3Cl)OC2=O)cc1OC(C)=O. The van der Waals surface area contributed by atoms with Crippen LogP contribution >= 0.6 is 11.6 Å². The summed E-state index contributed by atoms with van der Waals surface area (Å²) in [7, 11) is 1.43. The maximum Gasteiger partial charge on any atom is 0.363 e. The second kappa shape index (κ2) is 8.11. The van der Waals surface area contributed by atoms with Gasteiger partial charge in [-0.15, -0.1) is 0 Å². The van der Waals surface area contributed by atoms with Crippen LogP contribution in [0.4, 0.5) is 5.69 Å². The lowest BCUT2D eigenvalue weighted by molar-refractivity contribution is -0.384. The number of ether oxygens (including phenoxy) is 3. The first-order chi connectivity index (χ1) is 13.8. The van der Waals surface area contributed by atoms with E-state index in [9.17, 15) is 19.7 Å². The number of aliphatic imine (C=N–C) groups is 1. The van der Waals surface area contributed by atoms with Crippen molar-refractivity contribution in [3.05, 3.63) is 68.4 Å². The molecule has 9 nitrogen and oxygen atoms in total. The van der Waals surface area contributed by atoms with Crippen LogP contribution in [-0.4, -0.2) is 29.9 Å².